The van der Waals surface area contributed by atoms with Crippen LogP contribution in [0.3, 0.4) is 0 Å². The van der Waals surface area contributed by atoms with Gasteiger partial charge in [-0.1, -0.05) is 0 Å². The molecule has 0 fully saturated rings. The molecular formula is C14H24N2O10. The summed E-state index contributed by atoms with van der Waals surface area (Å²) >= 11 is 0. The monoisotopic (exact) mass is 380 g/mol. The fourth-order valence-electron chi connectivity index (χ4n) is 1.14. The van der Waals surface area contributed by atoms with Gasteiger partial charge in [0.1, 0.15) is 11.2 Å². The van der Waals surface area contributed by atoms with Crippen LogP contribution in [0.15, 0.2) is 0 Å². The third kappa shape index (κ3) is 14.1. The van der Waals surface area contributed by atoms with Crippen LogP contribution in [-0.2, 0) is 48.0 Å². The Balaban J connectivity index is 3.83. The van der Waals surface area contributed by atoms with Gasteiger partial charge in [-0.2, -0.15) is 0 Å². The topological polar surface area (TPSA) is 148 Å². The molecule has 0 unspecified atom stereocenters. The quantitative estimate of drug-likeness (QED) is 0.186. The zero-order valence-electron chi connectivity index (χ0n) is 15.5. The first-order valence-electron chi connectivity index (χ1n) is 7.39. The largest absolute Gasteiger partial charge is 0.458 e. The molecule has 0 aromatic rings. The number of nitrogens with one attached hydrogen (secondary N) is 2. The third-order valence-corrected chi connectivity index (χ3v) is 1.77. The average molecular weight is 380 g/mol. The van der Waals surface area contributed by atoms with Crippen LogP contribution in [-0.4, -0.2) is 48.3 Å². The van der Waals surface area contributed by atoms with Gasteiger partial charge in [0, 0.05) is 0 Å². The molecule has 0 bridgehead atoms. The molecule has 0 spiro atoms. The van der Waals surface area contributed by atoms with Crippen molar-refractivity contribution in [1.82, 2.24) is 11.3 Å². The van der Waals surface area contributed by atoms with Crippen LogP contribution in [0.25, 0.3) is 0 Å². The summed E-state index contributed by atoms with van der Waals surface area (Å²) < 4.78 is 9.81. The molecule has 0 aliphatic heterocycles. The molecule has 0 aromatic heterocycles. The van der Waals surface area contributed by atoms with Gasteiger partial charge in [-0.25, -0.2) is 19.2 Å². The zero-order chi connectivity index (χ0) is 20.4. The van der Waals surface area contributed by atoms with Crippen LogP contribution in [0.5, 0.6) is 0 Å². The third-order valence-electron chi connectivity index (χ3n) is 1.77. The molecule has 2 N–H and O–H groups in total. The standard InChI is InChI=1S/C14H24N2O10/c1-13(2,3)23-9(17)7-21-15-25-11(19)12(20)26-16-22-8-10(18)24-14(4,5)6/h15-16H,7-8H2,1-6H3. The Morgan fingerprint density at radius 2 is 0.962 bits per heavy atom. The van der Waals surface area contributed by atoms with Gasteiger partial charge in [-0.05, 0) is 52.8 Å². The predicted octanol–water partition coefficient (Wildman–Crippen LogP) is -0.371. The van der Waals surface area contributed by atoms with Crippen molar-refractivity contribution in [2.45, 2.75) is 52.7 Å². The average Bonchev–Trinajstić information content (AvgIpc) is 2.44. The maximum absolute atomic E-state index is 11.3. The molecule has 0 saturated carbocycles. The molecule has 12 nitrogen and oxygen atoms in total. The van der Waals surface area contributed by atoms with Crippen LogP contribution in [0.2, 0.25) is 0 Å². The summed E-state index contributed by atoms with van der Waals surface area (Å²) in [6.07, 6.45) is 0. The first-order chi connectivity index (χ1) is 11.8. The Kier molecular flexibility index (Phi) is 9.72. The molecule has 0 aliphatic carbocycles. The second kappa shape index (κ2) is 10.7. The molecular weight excluding hydrogens is 356 g/mol. The lowest BCUT2D eigenvalue weighted by Crippen LogP contribution is -2.34. The number of ether oxygens (including phenoxy) is 2. The molecule has 0 amide bonds. The van der Waals surface area contributed by atoms with Crippen molar-refractivity contribution in [3.63, 3.8) is 0 Å². The van der Waals surface area contributed by atoms with Crippen molar-refractivity contribution in [1.29, 1.82) is 0 Å². The molecule has 0 heterocycles. The van der Waals surface area contributed by atoms with Gasteiger partial charge >= 0.3 is 23.9 Å². The van der Waals surface area contributed by atoms with Crippen molar-refractivity contribution in [2.75, 3.05) is 13.2 Å². The highest BCUT2D eigenvalue weighted by atomic mass is 16.9. The number of hydrogen-bond acceptors (Lipinski definition) is 12. The number of hydrogen-bond donors (Lipinski definition) is 2. The van der Waals surface area contributed by atoms with Gasteiger partial charge < -0.3 is 19.1 Å². The number of esters is 2. The Labute approximate surface area is 150 Å². The lowest BCUT2D eigenvalue weighted by molar-refractivity contribution is -0.220. The number of carbonyl (C=O) groups is 4. The van der Waals surface area contributed by atoms with Crippen molar-refractivity contribution >= 4 is 23.9 Å². The SMILES string of the molecule is CC(C)(C)OC(=O)CONOC(=O)C(=O)ONOCC(=O)OC(C)(C)C. The molecule has 26 heavy (non-hydrogen) atoms. The van der Waals surface area contributed by atoms with Crippen molar-refractivity contribution < 1.29 is 48.0 Å². The molecule has 0 atom stereocenters. The zero-order valence-corrected chi connectivity index (χ0v) is 15.5. The van der Waals surface area contributed by atoms with E-state index >= 15 is 0 Å². The summed E-state index contributed by atoms with van der Waals surface area (Å²) in [6.45, 7) is 8.81. The first kappa shape index (κ1) is 23.7. The van der Waals surface area contributed by atoms with Gasteiger partial charge in [0.2, 0.25) is 0 Å². The molecule has 0 aromatic carbocycles. The molecule has 12 heteroatoms. The van der Waals surface area contributed by atoms with Crippen LogP contribution in [0, 0.1) is 0 Å². The van der Waals surface area contributed by atoms with Gasteiger partial charge in [0.05, 0.1) is 0 Å². The van der Waals surface area contributed by atoms with Crippen LogP contribution in [0.4, 0.5) is 0 Å². The van der Waals surface area contributed by atoms with Gasteiger partial charge in [-0.15, -0.1) is 0 Å². The van der Waals surface area contributed by atoms with Crippen molar-refractivity contribution in [3.8, 4) is 0 Å². The molecule has 150 valence electrons. The molecule has 0 saturated heterocycles. The highest BCUT2D eigenvalue weighted by Crippen LogP contribution is 2.07. The Hall–Kier alpha value is -2.28. The van der Waals surface area contributed by atoms with Gasteiger partial charge in [-0.3, -0.25) is 9.68 Å². The second-order valence-corrected chi connectivity index (χ2v) is 6.70. The number of carbonyl (C=O) groups excluding carboxylic acids is 4. The van der Waals surface area contributed by atoms with Gasteiger partial charge in [0.15, 0.2) is 13.2 Å². The van der Waals surface area contributed by atoms with Gasteiger partial charge in [0.25, 0.3) is 0 Å². The smallest absolute Gasteiger partial charge is 0.439 e. The summed E-state index contributed by atoms with van der Waals surface area (Å²) in [4.78, 5) is 62.2. The van der Waals surface area contributed by atoms with E-state index in [9.17, 15) is 19.2 Å². The summed E-state index contributed by atoms with van der Waals surface area (Å²) in [7, 11) is 0. The number of rotatable bonds is 8. The second-order valence-electron chi connectivity index (χ2n) is 6.70. The minimum atomic E-state index is -1.51. The van der Waals surface area contributed by atoms with E-state index in [-0.39, 0.29) is 0 Å². The summed E-state index contributed by atoms with van der Waals surface area (Å²) in [5, 5.41) is 0. The molecule has 0 rings (SSSR count). The summed E-state index contributed by atoms with van der Waals surface area (Å²) in [5.74, 6) is -4.47. The highest BCUT2D eigenvalue weighted by Gasteiger charge is 2.21. The van der Waals surface area contributed by atoms with Crippen LogP contribution in [0.1, 0.15) is 41.5 Å². The maximum Gasteiger partial charge on any atom is 0.439 e. The van der Waals surface area contributed by atoms with Crippen LogP contribution >= 0.6 is 0 Å². The Morgan fingerprint density at radius 1 is 0.654 bits per heavy atom. The van der Waals surface area contributed by atoms with E-state index in [1.165, 1.54) is 0 Å². The van der Waals surface area contributed by atoms with Crippen molar-refractivity contribution in [3.05, 3.63) is 0 Å². The van der Waals surface area contributed by atoms with Crippen molar-refractivity contribution in [2.24, 2.45) is 0 Å². The summed E-state index contributed by atoms with van der Waals surface area (Å²) in [6, 6.07) is 0. The predicted molar refractivity (Wildman–Crippen MR) is 82.0 cm³/mol. The highest BCUT2D eigenvalue weighted by molar-refractivity contribution is 6.29. The van der Waals surface area contributed by atoms with Crippen LogP contribution < -0.4 is 11.3 Å². The molecule has 0 aliphatic rings. The summed E-state index contributed by atoms with van der Waals surface area (Å²) in [5.41, 5.74) is 1.84. The van der Waals surface area contributed by atoms with E-state index in [0.717, 1.165) is 0 Å². The lowest BCUT2D eigenvalue weighted by Gasteiger charge is -2.19. The lowest BCUT2D eigenvalue weighted by atomic mass is 10.2. The van der Waals surface area contributed by atoms with E-state index in [0.29, 0.717) is 0 Å². The minimum absolute atomic E-state index is 0.573. The normalized spacial score (nSPS) is 11.5. The fourth-order valence-corrected chi connectivity index (χ4v) is 1.14. The van der Waals surface area contributed by atoms with E-state index in [1.807, 2.05) is 0 Å². The Bertz CT molecular complexity index is 461. The van der Waals surface area contributed by atoms with E-state index in [1.54, 1.807) is 52.8 Å². The first-order valence-corrected chi connectivity index (χ1v) is 7.39. The van der Waals surface area contributed by atoms with E-state index in [2.05, 4.69) is 19.4 Å². The maximum atomic E-state index is 11.3. The fraction of sp³-hybridized carbons (Fsp3) is 0.714. The minimum Gasteiger partial charge on any atom is -0.458 e. The van der Waals surface area contributed by atoms with E-state index in [4.69, 9.17) is 9.47 Å². The molecule has 0 radical (unpaired) electrons. The Morgan fingerprint density at radius 3 is 1.23 bits per heavy atom. The van der Waals surface area contributed by atoms with E-state index < -0.39 is 48.3 Å².